The third-order valence-corrected chi connectivity index (χ3v) is 5.19. The molecule has 1 aromatic carbocycles. The molecule has 0 aliphatic carbocycles. The van der Waals surface area contributed by atoms with Gasteiger partial charge in [0.1, 0.15) is 11.5 Å². The van der Waals surface area contributed by atoms with Crippen molar-refractivity contribution in [2.45, 2.75) is 26.2 Å². The fraction of sp³-hybridized carbons (Fsp3) is 0.182. The Labute approximate surface area is 173 Å². The van der Waals surface area contributed by atoms with Crippen molar-refractivity contribution >= 4 is 22.9 Å². The van der Waals surface area contributed by atoms with Gasteiger partial charge in [-0.3, -0.25) is 4.79 Å². The van der Waals surface area contributed by atoms with Crippen molar-refractivity contribution in [1.29, 1.82) is 0 Å². The van der Waals surface area contributed by atoms with Crippen molar-refractivity contribution in [3.05, 3.63) is 77.8 Å². The van der Waals surface area contributed by atoms with Crippen molar-refractivity contribution in [2.75, 3.05) is 5.32 Å². The number of para-hydroxylation sites is 1. The SMILES string of the molecule is CC(C)(C)c1ncc(NC(=O)c2cn(-c3ccccc3)nc2-c2cccs2)cn1. The summed E-state index contributed by atoms with van der Waals surface area (Å²) in [5.74, 6) is 0.481. The predicted molar refractivity (Wildman–Crippen MR) is 116 cm³/mol. The molecule has 0 atom stereocenters. The predicted octanol–water partition coefficient (Wildman–Crippen LogP) is 4.94. The highest BCUT2D eigenvalue weighted by Gasteiger charge is 2.21. The van der Waals surface area contributed by atoms with E-state index in [4.69, 9.17) is 0 Å². The lowest BCUT2D eigenvalue weighted by Crippen LogP contribution is -2.17. The maximum Gasteiger partial charge on any atom is 0.259 e. The average Bonchev–Trinajstić information content (AvgIpc) is 3.38. The summed E-state index contributed by atoms with van der Waals surface area (Å²) in [7, 11) is 0. The van der Waals surface area contributed by atoms with E-state index in [9.17, 15) is 4.79 Å². The highest BCUT2D eigenvalue weighted by molar-refractivity contribution is 7.13. The number of nitrogens with one attached hydrogen (secondary N) is 1. The molecule has 29 heavy (non-hydrogen) atoms. The number of nitrogens with zero attached hydrogens (tertiary/aromatic N) is 4. The maximum atomic E-state index is 13.0. The molecule has 1 amide bonds. The molecule has 3 heterocycles. The first-order valence-electron chi connectivity index (χ1n) is 9.25. The van der Waals surface area contributed by atoms with Gasteiger partial charge in [0.15, 0.2) is 0 Å². The molecule has 0 saturated carbocycles. The lowest BCUT2D eigenvalue weighted by molar-refractivity contribution is 0.102. The summed E-state index contributed by atoms with van der Waals surface area (Å²) in [6.07, 6.45) is 5.03. The second-order valence-electron chi connectivity index (χ2n) is 7.65. The molecule has 3 aromatic heterocycles. The number of carbonyl (C=O) groups is 1. The lowest BCUT2D eigenvalue weighted by atomic mass is 9.96. The summed E-state index contributed by atoms with van der Waals surface area (Å²) in [4.78, 5) is 22.7. The molecule has 1 N–H and O–H groups in total. The summed E-state index contributed by atoms with van der Waals surface area (Å²) in [5, 5.41) is 9.53. The van der Waals surface area contributed by atoms with E-state index in [-0.39, 0.29) is 11.3 Å². The Hall–Kier alpha value is -3.32. The minimum Gasteiger partial charge on any atom is -0.319 e. The highest BCUT2D eigenvalue weighted by Crippen LogP contribution is 2.28. The minimum absolute atomic E-state index is 0.147. The molecule has 0 aliphatic rings. The molecule has 0 radical (unpaired) electrons. The molecule has 4 aromatic rings. The van der Waals surface area contributed by atoms with E-state index in [0.717, 1.165) is 16.4 Å². The van der Waals surface area contributed by atoms with Gasteiger partial charge in [-0.05, 0) is 23.6 Å². The first-order valence-corrected chi connectivity index (χ1v) is 10.1. The van der Waals surface area contributed by atoms with Gasteiger partial charge in [0, 0.05) is 11.6 Å². The summed E-state index contributed by atoms with van der Waals surface area (Å²) in [5.41, 5.74) is 2.44. The fourth-order valence-electron chi connectivity index (χ4n) is 2.83. The molecule has 0 unspecified atom stereocenters. The molecule has 146 valence electrons. The zero-order chi connectivity index (χ0) is 20.4. The van der Waals surface area contributed by atoms with Crippen molar-refractivity contribution in [3.8, 4) is 16.3 Å². The summed E-state index contributed by atoms with van der Waals surface area (Å²) in [6, 6.07) is 13.6. The van der Waals surface area contributed by atoms with E-state index in [1.54, 1.807) is 34.6 Å². The van der Waals surface area contributed by atoms with Gasteiger partial charge in [-0.25, -0.2) is 14.6 Å². The average molecular weight is 404 g/mol. The van der Waals surface area contributed by atoms with E-state index in [1.165, 1.54) is 0 Å². The third kappa shape index (κ3) is 4.09. The van der Waals surface area contributed by atoms with E-state index < -0.39 is 0 Å². The second kappa shape index (κ2) is 7.60. The van der Waals surface area contributed by atoms with Crippen LogP contribution in [-0.2, 0) is 5.41 Å². The summed E-state index contributed by atoms with van der Waals surface area (Å²) >= 11 is 1.55. The second-order valence-corrected chi connectivity index (χ2v) is 8.60. The van der Waals surface area contributed by atoms with Crippen molar-refractivity contribution in [3.63, 3.8) is 0 Å². The van der Waals surface area contributed by atoms with Crippen molar-refractivity contribution < 1.29 is 4.79 Å². The van der Waals surface area contributed by atoms with Crippen LogP contribution in [0.2, 0.25) is 0 Å². The van der Waals surface area contributed by atoms with Gasteiger partial charge in [-0.1, -0.05) is 45.0 Å². The topological polar surface area (TPSA) is 72.7 Å². The number of aromatic nitrogens is 4. The standard InChI is InChI=1S/C22H21N5OS/c1-22(2,3)21-23-12-15(13-24-21)25-20(28)17-14-27(16-8-5-4-6-9-16)26-19(17)18-10-7-11-29-18/h4-14H,1-3H3,(H,25,28). The molecule has 0 bridgehead atoms. The lowest BCUT2D eigenvalue weighted by Gasteiger charge is -2.16. The Morgan fingerprint density at radius 3 is 2.38 bits per heavy atom. The van der Waals surface area contributed by atoms with E-state index in [0.29, 0.717) is 16.9 Å². The van der Waals surface area contributed by atoms with Crippen LogP contribution >= 0.6 is 11.3 Å². The van der Waals surface area contributed by atoms with Crippen LogP contribution in [0.3, 0.4) is 0 Å². The molecular formula is C22H21N5OS. The monoisotopic (exact) mass is 403 g/mol. The molecule has 4 rings (SSSR count). The maximum absolute atomic E-state index is 13.0. The zero-order valence-electron chi connectivity index (χ0n) is 16.5. The summed E-state index contributed by atoms with van der Waals surface area (Å²) < 4.78 is 1.73. The van der Waals surface area contributed by atoms with Crippen molar-refractivity contribution in [1.82, 2.24) is 19.7 Å². The quantitative estimate of drug-likeness (QED) is 0.524. The van der Waals surface area contributed by atoms with Crippen LogP contribution < -0.4 is 5.32 Å². The van der Waals surface area contributed by atoms with Gasteiger partial charge >= 0.3 is 0 Å². The van der Waals surface area contributed by atoms with Gasteiger partial charge in [-0.15, -0.1) is 11.3 Å². The van der Waals surface area contributed by atoms with Crippen molar-refractivity contribution in [2.24, 2.45) is 0 Å². The Kier molecular flexibility index (Phi) is 4.98. The van der Waals surface area contributed by atoms with Crippen LogP contribution in [0.5, 0.6) is 0 Å². The molecule has 0 aliphatic heterocycles. The number of benzene rings is 1. The fourth-order valence-corrected chi connectivity index (χ4v) is 3.55. The van der Waals surface area contributed by atoms with Gasteiger partial charge in [-0.2, -0.15) is 5.10 Å². The normalized spacial score (nSPS) is 11.4. The molecule has 7 heteroatoms. The molecule has 0 fully saturated rings. The number of carbonyl (C=O) groups excluding carboxylic acids is 1. The van der Waals surface area contributed by atoms with Crippen LogP contribution in [0.25, 0.3) is 16.3 Å². The Balaban J connectivity index is 1.66. The van der Waals surface area contributed by atoms with Gasteiger partial charge < -0.3 is 5.32 Å². The van der Waals surface area contributed by atoms with Gasteiger partial charge in [0.25, 0.3) is 5.91 Å². The van der Waals surface area contributed by atoms with Crippen LogP contribution in [0.15, 0.2) is 66.4 Å². The first kappa shape index (κ1) is 19.0. The van der Waals surface area contributed by atoms with E-state index >= 15 is 0 Å². The van der Waals surface area contributed by atoms with Gasteiger partial charge in [0.2, 0.25) is 0 Å². The number of anilines is 1. The minimum atomic E-state index is -0.248. The Bertz CT molecular complexity index is 1110. The number of thiophene rings is 1. The Morgan fingerprint density at radius 2 is 1.76 bits per heavy atom. The van der Waals surface area contributed by atoms with E-state index in [1.807, 2.05) is 68.6 Å². The molecule has 0 spiro atoms. The van der Waals surface area contributed by atoms with Crippen LogP contribution in [0.1, 0.15) is 37.0 Å². The number of hydrogen-bond acceptors (Lipinski definition) is 5. The third-order valence-electron chi connectivity index (χ3n) is 4.31. The number of rotatable bonds is 4. The largest absolute Gasteiger partial charge is 0.319 e. The molecule has 0 saturated heterocycles. The zero-order valence-corrected chi connectivity index (χ0v) is 17.3. The van der Waals surface area contributed by atoms with E-state index in [2.05, 4.69) is 20.4 Å². The van der Waals surface area contributed by atoms with Crippen LogP contribution in [-0.4, -0.2) is 25.7 Å². The van der Waals surface area contributed by atoms with Crippen LogP contribution in [0.4, 0.5) is 5.69 Å². The Morgan fingerprint density at radius 1 is 1.03 bits per heavy atom. The smallest absolute Gasteiger partial charge is 0.259 e. The molecular weight excluding hydrogens is 382 g/mol. The molecule has 6 nitrogen and oxygen atoms in total. The first-order chi connectivity index (χ1) is 13.9. The number of amides is 1. The number of hydrogen-bond donors (Lipinski definition) is 1. The summed E-state index contributed by atoms with van der Waals surface area (Å²) in [6.45, 7) is 6.14. The highest BCUT2D eigenvalue weighted by atomic mass is 32.1. The van der Waals surface area contributed by atoms with Gasteiger partial charge in [0.05, 0.1) is 34.2 Å². The van der Waals surface area contributed by atoms with Crippen LogP contribution in [0, 0.1) is 0 Å².